The standard InChI is InChI=1S/C87H70N4OSi/c1-60-52-84(88-58-77(60)62-28-13-7-14-29-62)91-80-43-22-21-40-75(80)76-47-46-68(57-82(76)91)92-67-32-24-31-66(56-67)89-59-90(81-49-45-63(55-83(81)89)61-26-11-6-12-27-61)85-73(41-25-42-74(85)65-44-48-78-79(54-65)87(4,5)51-50-86(78,2)3)64-30-23-39-72(53-64)93(69-33-15-8-16-34-69,70-35-17-9-18-36-70)71-37-19-10-20-38-71/h6-49,52-58H,50-51H2,1-5H3/i1D3,2D3,3D3,4D3,5D3,6D,7D,8D,9D,10D,11D,12D,13D,14D,15D,16D,17D,18D,19D,20D,23D,26D,27D,28D,29D,30D,33D,34D,35D,36D,37D,38D,39D,44D,48D,50D2,51D2,53D,54D. The maximum atomic E-state index is 11.2. The fraction of sp³-hybridized carbons (Fsp3) is 0.103. The van der Waals surface area contributed by atoms with E-state index in [0.717, 1.165) is 45.7 Å². The van der Waals surface area contributed by atoms with Crippen LogP contribution in [0.5, 0.6) is 11.5 Å². The molecule has 15 aromatic rings. The quantitative estimate of drug-likeness (QED) is 0.0499. The van der Waals surface area contributed by atoms with Crippen LogP contribution in [0, 0.1) is 13.2 Å². The summed E-state index contributed by atoms with van der Waals surface area (Å²) in [6, 6.07) is -16.2. The molecule has 0 saturated heterocycles. The van der Waals surface area contributed by atoms with Crippen molar-refractivity contribution < 1.29 is 79.2 Å². The van der Waals surface area contributed by atoms with Crippen LogP contribution in [-0.4, -0.2) is 22.2 Å². The number of hydrogen-bond donors (Lipinski definition) is 0. The Morgan fingerprint density at radius 3 is 1.77 bits per heavy atom. The van der Waals surface area contributed by atoms with E-state index in [1.54, 1.807) is 34.9 Å². The first-order chi connectivity index (χ1) is 66.5. The van der Waals surface area contributed by atoms with E-state index < -0.39 is 341 Å². The molecular weight excluding hydrogens is 1150 g/mol. The van der Waals surface area contributed by atoms with Gasteiger partial charge in [-0.25, -0.2) is 4.98 Å². The van der Waals surface area contributed by atoms with E-state index in [1.807, 2.05) is 0 Å². The van der Waals surface area contributed by atoms with E-state index >= 15 is 0 Å². The minimum absolute atomic E-state index is 0.0219. The van der Waals surface area contributed by atoms with Gasteiger partial charge in [0.05, 0.1) is 77.3 Å². The summed E-state index contributed by atoms with van der Waals surface area (Å²) in [5, 5.41) is -4.41. The third kappa shape index (κ3) is 10.0. The molecule has 0 fully saturated rings. The smallest absolute Gasteiger partial charge is 0.269 e. The molecule has 0 N–H and O–H groups in total. The van der Waals surface area contributed by atoms with Crippen molar-refractivity contribution in [2.45, 2.75) is 57.8 Å². The van der Waals surface area contributed by atoms with Gasteiger partial charge in [-0.1, -0.05) is 275 Å². The minimum Gasteiger partial charge on any atom is -0.458 e. The van der Waals surface area contributed by atoms with Crippen LogP contribution in [0.2, 0.25) is 0 Å². The number of imidazole rings is 1. The van der Waals surface area contributed by atoms with E-state index in [0.29, 0.717) is 16.3 Å². The number of hydrogen-bond acceptors (Lipinski definition) is 2. The molecule has 0 aliphatic heterocycles. The first-order valence-corrected chi connectivity index (χ1v) is 30.1. The van der Waals surface area contributed by atoms with Gasteiger partial charge >= 0.3 is 0 Å². The van der Waals surface area contributed by atoms with Crippen molar-refractivity contribution in [3.05, 3.63) is 332 Å². The Kier molecular flexibility index (Phi) is 6.11. The lowest BCUT2D eigenvalue weighted by atomic mass is 9.63. The number of aromatic nitrogens is 4. The summed E-state index contributed by atoms with van der Waals surface area (Å²) in [5.41, 5.74) is -21.5. The Hall–Kier alpha value is -10.9. The second-order valence-corrected chi connectivity index (χ2v) is 24.6. The van der Waals surface area contributed by atoms with Gasteiger partial charge in [0.2, 0.25) is 0 Å². The number of fused-ring (bicyclic) bond motifs is 5. The van der Waals surface area contributed by atoms with E-state index in [-0.39, 0.29) is 45.2 Å². The maximum Gasteiger partial charge on any atom is 0.269 e. The molecule has 12 aromatic carbocycles. The average molecular weight is 1270 g/mol. The Balaban J connectivity index is 1.08. The molecule has 0 spiro atoms. The predicted octanol–water partition coefficient (Wildman–Crippen LogP) is 18.7. The normalized spacial score (nSPS) is 23.1. The Labute approximate surface area is 617 Å². The fourth-order valence-electron chi connectivity index (χ4n) is 11.6. The molecule has 5 nitrogen and oxygen atoms in total. The monoisotopic (exact) mass is 1270 g/mol. The second kappa shape index (κ2) is 23.1. The van der Waals surface area contributed by atoms with Gasteiger partial charge in [0.1, 0.15) is 17.3 Å². The van der Waals surface area contributed by atoms with Gasteiger partial charge in [0.15, 0.2) is 8.07 Å². The number of ether oxygens (including phenoxy) is 1. The first-order valence-electron chi connectivity index (χ1n) is 53.6. The van der Waals surface area contributed by atoms with Crippen molar-refractivity contribution in [3.8, 4) is 73.2 Å². The summed E-state index contributed by atoms with van der Waals surface area (Å²) in [5.74, 6) is -0.239. The van der Waals surface area contributed by atoms with Crippen molar-refractivity contribution in [3.63, 3.8) is 0 Å². The van der Waals surface area contributed by atoms with Crippen molar-refractivity contribution in [1.82, 2.24) is 14.1 Å². The zero-order valence-electron chi connectivity index (χ0n) is 98.7. The summed E-state index contributed by atoms with van der Waals surface area (Å²) < 4.78 is 489. The first kappa shape index (κ1) is 24.6. The summed E-state index contributed by atoms with van der Waals surface area (Å²) in [4.78, 5) is 4.65. The number of aryl methyl sites for hydroxylation is 1. The summed E-state index contributed by atoms with van der Waals surface area (Å²) in [7, 11) is -6.89. The number of pyridine rings is 1. The third-order valence-corrected chi connectivity index (χ3v) is 19.7. The molecule has 16 rings (SSSR count). The van der Waals surface area contributed by atoms with Crippen LogP contribution in [0.15, 0.2) is 309 Å². The highest BCUT2D eigenvalue weighted by Gasteiger charge is 2.42. The van der Waals surface area contributed by atoms with Gasteiger partial charge in [-0.3, -0.25) is 13.7 Å². The van der Waals surface area contributed by atoms with Gasteiger partial charge in [0, 0.05) is 54.6 Å². The molecule has 1 aliphatic rings. The average Bonchev–Trinajstić information content (AvgIpc) is 0.647. The largest absolute Gasteiger partial charge is 0.458 e. The lowest BCUT2D eigenvalue weighted by Crippen LogP contribution is -2.74. The van der Waals surface area contributed by atoms with Crippen LogP contribution < -0.4 is 30.1 Å². The third-order valence-electron chi connectivity index (χ3n) is 15.7. The molecule has 6 heteroatoms. The van der Waals surface area contributed by atoms with E-state index in [2.05, 4.69) is 11.3 Å². The van der Waals surface area contributed by atoms with Gasteiger partial charge < -0.3 is 4.74 Å². The van der Waals surface area contributed by atoms with E-state index in [1.165, 1.54) is 48.5 Å². The number of para-hydroxylation sites is 2. The van der Waals surface area contributed by atoms with Crippen molar-refractivity contribution in [1.29, 1.82) is 0 Å². The fourth-order valence-corrected chi connectivity index (χ4v) is 15.1. The number of nitrogens with zero attached hydrogens (tertiary/aromatic N) is 4. The lowest BCUT2D eigenvalue weighted by molar-refractivity contribution is -0.571. The highest BCUT2D eigenvalue weighted by atomic mass is 28.3. The summed E-state index contributed by atoms with van der Waals surface area (Å²) >= 11 is 0. The Morgan fingerprint density at radius 1 is 0.484 bits per heavy atom. The topological polar surface area (TPSA) is 35.9 Å². The van der Waals surface area contributed by atoms with E-state index in [4.69, 9.17) is 32.2 Å². The van der Waals surface area contributed by atoms with Crippen LogP contribution in [-0.2, 0) is 10.8 Å². The Morgan fingerprint density at radius 2 is 1.09 bits per heavy atom. The van der Waals surface area contributed by atoms with Crippen molar-refractivity contribution in [2.24, 2.45) is 0 Å². The molecule has 3 aromatic heterocycles. The highest BCUT2D eigenvalue weighted by Crippen LogP contribution is 2.48. The maximum absolute atomic E-state index is 11.2. The molecule has 0 radical (unpaired) electrons. The molecule has 3 heterocycles. The zero-order valence-corrected chi connectivity index (χ0v) is 48.7. The number of rotatable bonds is 13. The van der Waals surface area contributed by atoms with Gasteiger partial charge in [-0.2, -0.15) is 0 Å². The molecule has 1 aliphatic carbocycles. The predicted molar refractivity (Wildman–Crippen MR) is 388 cm³/mol. The van der Waals surface area contributed by atoms with Crippen LogP contribution >= 0.6 is 0 Å². The molecule has 0 atom stereocenters. The molecule has 0 bridgehead atoms. The Bertz CT molecular complexity index is 7800. The van der Waals surface area contributed by atoms with Crippen LogP contribution in [0.4, 0.5) is 0 Å². The summed E-state index contributed by atoms with van der Waals surface area (Å²) in [6.07, 6.45) is -5.74. The molecule has 0 unspecified atom stereocenters. The van der Waals surface area contributed by atoms with Crippen molar-refractivity contribution in [2.75, 3.05) is 0 Å². The number of benzene rings is 12. The van der Waals surface area contributed by atoms with Crippen LogP contribution in [0.3, 0.4) is 0 Å². The van der Waals surface area contributed by atoms with Gasteiger partial charge in [-0.15, -0.1) is 0 Å². The van der Waals surface area contributed by atoms with Crippen molar-refractivity contribution >= 4 is 61.7 Å². The molecule has 448 valence electrons. The van der Waals surface area contributed by atoms with Crippen LogP contribution in [0.1, 0.15) is 127 Å². The molecule has 0 saturated carbocycles. The minimum atomic E-state index is -6.89. The van der Waals surface area contributed by atoms with Gasteiger partial charge in [-0.05, 0) is 155 Å². The summed E-state index contributed by atoms with van der Waals surface area (Å²) in [6.45, 7) is -21.7. The molecule has 0 amide bonds. The molecular formula is C87H70N4OSi. The van der Waals surface area contributed by atoms with E-state index in [9.17, 15) is 42.5 Å². The van der Waals surface area contributed by atoms with Crippen LogP contribution in [0.25, 0.3) is 94.5 Å². The lowest BCUT2D eigenvalue weighted by Gasteiger charge is -2.42. The molecule has 93 heavy (non-hydrogen) atoms. The zero-order chi connectivity index (χ0) is 107. The second-order valence-electron chi connectivity index (χ2n) is 21.1. The SMILES string of the molecule is [2H]c1c([2H])c([2H])c(-c2ccc3c(c2)n(-c2cccc(Oc4ccc5c6ccccc6n(-c6cc(C([2H])([2H])[2H])c(-c7c([2H])c([2H])c([2H])c([2H])c7[2H])cn6)c5c4)c2)[c-][n+]3-c2c(-c3c([2H])c([2H])c4c(c3[2H])C(C([2H])([2H])[2H])(C([2H])([2H])[2H])C([2H])([2H])C([2H])([2H])C4(C([2H])([2H])[2H])C([2H])([2H])[2H])cccc2-c2c([2H])c([2H])c([2H])c([Si](c3c([2H])c([2H])c([2H])c([2H])c3[2H])(c3c([2H])c([2H])c([2H])c([2H])c3[2H])c3c([2H])c([2H])c([2H])c([2H])c3[2H])c2[2H])c([2H])c1[2H]. The highest BCUT2D eigenvalue weighted by molar-refractivity contribution is 7.19. The van der Waals surface area contributed by atoms with Gasteiger partial charge in [0.25, 0.3) is 6.33 Å².